The second-order valence-corrected chi connectivity index (χ2v) is 9.47. The summed E-state index contributed by atoms with van der Waals surface area (Å²) in [5.74, 6) is -0.894. The number of hydrogen-bond acceptors (Lipinski definition) is 6. The van der Waals surface area contributed by atoms with E-state index in [-0.39, 0.29) is 23.4 Å². The van der Waals surface area contributed by atoms with Crippen LogP contribution in [0.1, 0.15) is 18.4 Å². The van der Waals surface area contributed by atoms with E-state index in [0.29, 0.717) is 47.9 Å². The topological polar surface area (TPSA) is 142 Å². The first-order chi connectivity index (χ1) is 14.8. The molecule has 0 bridgehead atoms. The van der Waals surface area contributed by atoms with Gasteiger partial charge >= 0.3 is 5.97 Å². The molecule has 3 aromatic rings. The molecule has 1 aliphatic rings. The number of aromatic amines is 2. The van der Waals surface area contributed by atoms with Gasteiger partial charge in [0.25, 0.3) is 5.56 Å². The molecule has 0 amide bonds. The summed E-state index contributed by atoms with van der Waals surface area (Å²) in [7, 11) is -2.37. The number of pyridine rings is 1. The fourth-order valence-electron chi connectivity index (χ4n) is 3.76. The predicted octanol–water partition coefficient (Wildman–Crippen LogP) is 1.41. The van der Waals surface area contributed by atoms with Crippen LogP contribution in [0.25, 0.3) is 21.8 Å². The lowest BCUT2D eigenvalue weighted by molar-refractivity contribution is -0.137. The SMILES string of the molecule is CN(CC1OCCO1)S(=O)(=O)c1ccc2[nH]c(=O)c3[nH]cc(CCCC(=O)O)c3c2c1. The molecule has 10 nitrogen and oxygen atoms in total. The molecule has 0 aliphatic carbocycles. The molecule has 4 rings (SSSR count). The van der Waals surface area contributed by atoms with Crippen LogP contribution in [0, 0.1) is 0 Å². The van der Waals surface area contributed by atoms with E-state index < -0.39 is 22.3 Å². The number of nitrogens with one attached hydrogen (secondary N) is 2. The summed E-state index contributed by atoms with van der Waals surface area (Å²) in [5, 5.41) is 10.1. The number of carboxylic acids is 1. The van der Waals surface area contributed by atoms with Crippen LogP contribution < -0.4 is 5.56 Å². The second kappa shape index (κ2) is 8.42. The molecule has 3 heterocycles. The van der Waals surface area contributed by atoms with Crippen molar-refractivity contribution >= 4 is 37.8 Å². The Morgan fingerprint density at radius 1 is 1.29 bits per heavy atom. The lowest BCUT2D eigenvalue weighted by Gasteiger charge is -2.20. The van der Waals surface area contributed by atoms with Crippen LogP contribution in [0.2, 0.25) is 0 Å². The first kappa shape index (κ1) is 21.5. The molecule has 11 heteroatoms. The van der Waals surface area contributed by atoms with E-state index in [2.05, 4.69) is 9.97 Å². The lowest BCUT2D eigenvalue weighted by Crippen LogP contribution is -2.34. The third-order valence-electron chi connectivity index (χ3n) is 5.34. The maximum Gasteiger partial charge on any atom is 0.303 e. The number of H-pyrrole nitrogens is 2. The Morgan fingerprint density at radius 3 is 2.74 bits per heavy atom. The highest BCUT2D eigenvalue weighted by atomic mass is 32.2. The molecule has 166 valence electrons. The summed E-state index contributed by atoms with van der Waals surface area (Å²) in [6, 6.07) is 4.54. The highest BCUT2D eigenvalue weighted by Gasteiger charge is 2.27. The van der Waals surface area contributed by atoms with Crippen LogP contribution >= 0.6 is 0 Å². The molecular formula is C20H23N3O7S. The Balaban J connectivity index is 1.75. The van der Waals surface area contributed by atoms with Crippen LogP contribution in [0.4, 0.5) is 0 Å². The maximum atomic E-state index is 13.1. The van der Waals surface area contributed by atoms with E-state index >= 15 is 0 Å². The Kier molecular flexibility index (Phi) is 5.84. The quantitative estimate of drug-likeness (QED) is 0.472. The molecule has 0 radical (unpaired) electrons. The van der Waals surface area contributed by atoms with Gasteiger partial charge in [0, 0.05) is 36.0 Å². The van der Waals surface area contributed by atoms with Crippen molar-refractivity contribution in [3.05, 3.63) is 40.3 Å². The Labute approximate surface area is 177 Å². The zero-order valence-corrected chi connectivity index (χ0v) is 17.7. The Bertz CT molecular complexity index is 1290. The molecule has 0 unspecified atom stereocenters. The van der Waals surface area contributed by atoms with E-state index in [9.17, 15) is 18.0 Å². The molecule has 2 aromatic heterocycles. The number of sulfonamides is 1. The van der Waals surface area contributed by atoms with Crippen molar-refractivity contribution in [3.63, 3.8) is 0 Å². The minimum atomic E-state index is -3.83. The molecule has 31 heavy (non-hydrogen) atoms. The van der Waals surface area contributed by atoms with Crippen molar-refractivity contribution in [2.24, 2.45) is 0 Å². The number of aliphatic carboxylic acids is 1. The number of carboxylic acid groups (broad SMARTS) is 1. The van der Waals surface area contributed by atoms with Gasteiger partial charge in [-0.05, 0) is 36.6 Å². The fraction of sp³-hybridized carbons (Fsp3) is 0.400. The van der Waals surface area contributed by atoms with E-state index in [4.69, 9.17) is 14.6 Å². The molecule has 0 spiro atoms. The van der Waals surface area contributed by atoms with Crippen LogP contribution in [-0.4, -0.2) is 66.9 Å². The zero-order chi connectivity index (χ0) is 22.2. The van der Waals surface area contributed by atoms with Crippen molar-refractivity contribution in [2.45, 2.75) is 30.4 Å². The predicted molar refractivity (Wildman–Crippen MR) is 113 cm³/mol. The van der Waals surface area contributed by atoms with Crippen molar-refractivity contribution in [1.29, 1.82) is 0 Å². The van der Waals surface area contributed by atoms with Crippen LogP contribution in [0.3, 0.4) is 0 Å². The summed E-state index contributed by atoms with van der Waals surface area (Å²) in [5.41, 5.74) is 1.27. The molecule has 0 saturated carbocycles. The van der Waals surface area contributed by atoms with Gasteiger partial charge in [-0.25, -0.2) is 8.42 Å². The minimum Gasteiger partial charge on any atom is -0.481 e. The zero-order valence-electron chi connectivity index (χ0n) is 16.9. The number of carbonyl (C=O) groups is 1. The smallest absolute Gasteiger partial charge is 0.303 e. The summed E-state index contributed by atoms with van der Waals surface area (Å²) in [6.45, 7) is 0.919. The van der Waals surface area contributed by atoms with Crippen molar-refractivity contribution in [1.82, 2.24) is 14.3 Å². The number of likely N-dealkylation sites (N-methyl/N-ethyl adjacent to an activating group) is 1. The van der Waals surface area contributed by atoms with Gasteiger partial charge in [0.15, 0.2) is 6.29 Å². The highest BCUT2D eigenvalue weighted by molar-refractivity contribution is 7.89. The highest BCUT2D eigenvalue weighted by Crippen LogP contribution is 2.29. The number of aryl methyl sites for hydroxylation is 1. The molecule has 1 fully saturated rings. The van der Waals surface area contributed by atoms with E-state index in [0.717, 1.165) is 5.56 Å². The van der Waals surface area contributed by atoms with Crippen LogP contribution in [-0.2, 0) is 30.7 Å². The monoisotopic (exact) mass is 449 g/mol. The number of hydrogen-bond donors (Lipinski definition) is 3. The average molecular weight is 449 g/mol. The average Bonchev–Trinajstić information content (AvgIpc) is 3.38. The standard InChI is InChI=1S/C20H23N3O7S/c1-23(11-17-29-7-8-30-17)31(27,28)13-5-6-15-14(9-13)18-12(3-2-4-16(24)25)10-21-19(18)20(26)22-15/h5-6,9-10,17,21H,2-4,7-8,11H2,1H3,(H,22,26)(H,24,25). The largest absolute Gasteiger partial charge is 0.481 e. The molecule has 0 atom stereocenters. The summed E-state index contributed by atoms with van der Waals surface area (Å²) in [6.07, 6.45) is 1.91. The van der Waals surface area contributed by atoms with Crippen molar-refractivity contribution < 1.29 is 27.8 Å². The number of fused-ring (bicyclic) bond motifs is 3. The first-order valence-electron chi connectivity index (χ1n) is 9.84. The first-order valence-corrected chi connectivity index (χ1v) is 11.3. The third kappa shape index (κ3) is 4.22. The van der Waals surface area contributed by atoms with Crippen molar-refractivity contribution in [2.75, 3.05) is 26.8 Å². The number of benzene rings is 1. The molecule has 3 N–H and O–H groups in total. The van der Waals surface area contributed by atoms with Crippen LogP contribution in [0.5, 0.6) is 0 Å². The van der Waals surface area contributed by atoms with E-state index in [1.54, 1.807) is 12.3 Å². The molecule has 1 saturated heterocycles. The van der Waals surface area contributed by atoms with Gasteiger partial charge in [0.1, 0.15) is 5.52 Å². The van der Waals surface area contributed by atoms with Gasteiger partial charge < -0.3 is 24.5 Å². The maximum absolute atomic E-state index is 13.1. The summed E-state index contributed by atoms with van der Waals surface area (Å²) in [4.78, 5) is 29.0. The molecule has 1 aliphatic heterocycles. The fourth-order valence-corrected chi connectivity index (χ4v) is 4.95. The molecular weight excluding hydrogens is 426 g/mol. The Morgan fingerprint density at radius 2 is 2.03 bits per heavy atom. The van der Waals surface area contributed by atoms with E-state index in [1.165, 1.54) is 23.5 Å². The second-order valence-electron chi connectivity index (χ2n) is 7.43. The molecule has 1 aromatic carbocycles. The summed E-state index contributed by atoms with van der Waals surface area (Å²) >= 11 is 0. The minimum absolute atomic E-state index is 0.00350. The van der Waals surface area contributed by atoms with E-state index in [1.807, 2.05) is 0 Å². The summed E-state index contributed by atoms with van der Waals surface area (Å²) < 4.78 is 38.1. The lowest BCUT2D eigenvalue weighted by atomic mass is 10.0. The van der Waals surface area contributed by atoms with Crippen molar-refractivity contribution in [3.8, 4) is 0 Å². The number of nitrogens with zero attached hydrogens (tertiary/aromatic N) is 1. The van der Waals surface area contributed by atoms with Gasteiger partial charge in [-0.1, -0.05) is 0 Å². The third-order valence-corrected chi connectivity index (χ3v) is 7.16. The van der Waals surface area contributed by atoms with Gasteiger partial charge in [-0.3, -0.25) is 9.59 Å². The van der Waals surface area contributed by atoms with Gasteiger partial charge in [-0.15, -0.1) is 0 Å². The number of ether oxygens (including phenoxy) is 2. The van der Waals surface area contributed by atoms with Gasteiger partial charge in [-0.2, -0.15) is 4.31 Å². The number of aromatic nitrogens is 2. The van der Waals surface area contributed by atoms with Crippen LogP contribution in [0.15, 0.2) is 34.1 Å². The number of rotatable bonds is 8. The van der Waals surface area contributed by atoms with Gasteiger partial charge in [0.2, 0.25) is 10.0 Å². The Hall–Kier alpha value is -2.73. The normalized spacial score (nSPS) is 15.4. The van der Waals surface area contributed by atoms with Gasteiger partial charge in [0.05, 0.1) is 24.7 Å².